The van der Waals surface area contributed by atoms with E-state index in [0.717, 1.165) is 0 Å². The van der Waals surface area contributed by atoms with Crippen LogP contribution in [0.1, 0.15) is 19.8 Å². The molecule has 4 heteroatoms. The molecular weight excluding hydrogens is 165 g/mol. The van der Waals surface area contributed by atoms with E-state index in [4.69, 9.17) is 11.6 Å². The van der Waals surface area contributed by atoms with E-state index in [-0.39, 0.29) is 5.03 Å². The fourth-order valence-electron chi connectivity index (χ4n) is 0.485. The second-order valence-corrected chi connectivity index (χ2v) is 2.34. The predicted octanol–water partition coefficient (Wildman–Crippen LogP) is 3.47. The SMILES string of the molecule is CC/C=C(/Cl)CC(F)(F)F. The molecule has 0 aromatic rings. The van der Waals surface area contributed by atoms with Gasteiger partial charge in [-0.3, -0.25) is 0 Å². The van der Waals surface area contributed by atoms with Crippen molar-refractivity contribution in [2.45, 2.75) is 25.9 Å². The molecule has 0 rings (SSSR count). The van der Waals surface area contributed by atoms with Crippen LogP contribution < -0.4 is 0 Å². The molecule has 0 N–H and O–H groups in total. The number of hydrogen-bond donors (Lipinski definition) is 0. The highest BCUT2D eigenvalue weighted by atomic mass is 35.5. The van der Waals surface area contributed by atoms with Crippen molar-refractivity contribution < 1.29 is 13.2 Å². The van der Waals surface area contributed by atoms with Crippen LogP contribution >= 0.6 is 11.6 Å². The Kier molecular flexibility index (Phi) is 3.79. The van der Waals surface area contributed by atoms with Gasteiger partial charge in [0, 0.05) is 5.03 Å². The molecule has 0 aliphatic carbocycles. The van der Waals surface area contributed by atoms with Gasteiger partial charge in [-0.1, -0.05) is 24.6 Å². The maximum absolute atomic E-state index is 11.5. The Balaban J connectivity index is 3.79. The zero-order valence-corrected chi connectivity index (χ0v) is 6.26. The predicted molar refractivity (Wildman–Crippen MR) is 34.9 cm³/mol. The quantitative estimate of drug-likeness (QED) is 0.598. The fourth-order valence-corrected chi connectivity index (χ4v) is 0.791. The van der Waals surface area contributed by atoms with E-state index in [1.807, 2.05) is 0 Å². The molecule has 0 saturated carbocycles. The molecule has 0 bridgehead atoms. The van der Waals surface area contributed by atoms with E-state index in [9.17, 15) is 13.2 Å². The maximum atomic E-state index is 11.5. The van der Waals surface area contributed by atoms with Gasteiger partial charge in [-0.2, -0.15) is 13.2 Å². The van der Waals surface area contributed by atoms with E-state index in [2.05, 4.69) is 0 Å². The standard InChI is InChI=1S/C6H8ClF3/c1-2-3-5(7)4-6(8,9)10/h3H,2,4H2,1H3/b5-3+. The number of rotatable bonds is 2. The first-order valence-corrected chi connectivity index (χ1v) is 3.25. The molecule has 0 saturated heterocycles. The van der Waals surface area contributed by atoms with Gasteiger partial charge < -0.3 is 0 Å². The molecule has 10 heavy (non-hydrogen) atoms. The molecule has 0 unspecified atom stereocenters. The van der Waals surface area contributed by atoms with E-state index in [1.165, 1.54) is 6.08 Å². The highest BCUT2D eigenvalue weighted by Gasteiger charge is 2.27. The summed E-state index contributed by atoms with van der Waals surface area (Å²) in [5.74, 6) is 0. The van der Waals surface area contributed by atoms with Crippen molar-refractivity contribution in [3.05, 3.63) is 11.1 Å². The van der Waals surface area contributed by atoms with Gasteiger partial charge in [0.2, 0.25) is 0 Å². The molecule has 0 fully saturated rings. The molecule has 0 heterocycles. The average Bonchev–Trinajstić information content (AvgIpc) is 1.59. The second kappa shape index (κ2) is 3.86. The third-order valence-electron chi connectivity index (χ3n) is 0.795. The zero-order valence-electron chi connectivity index (χ0n) is 5.50. The Morgan fingerprint density at radius 2 is 2.00 bits per heavy atom. The molecule has 0 aromatic heterocycles. The molecule has 0 aliphatic heterocycles. The van der Waals surface area contributed by atoms with Gasteiger partial charge in [-0.25, -0.2) is 0 Å². The Labute approximate surface area is 62.7 Å². The largest absolute Gasteiger partial charge is 0.393 e. The van der Waals surface area contributed by atoms with E-state index in [0.29, 0.717) is 6.42 Å². The van der Waals surface area contributed by atoms with Crippen LogP contribution in [0.3, 0.4) is 0 Å². The summed E-state index contributed by atoms with van der Waals surface area (Å²) in [5, 5.41) is -0.130. The lowest BCUT2D eigenvalue weighted by molar-refractivity contribution is -0.125. The van der Waals surface area contributed by atoms with E-state index < -0.39 is 12.6 Å². The highest BCUT2D eigenvalue weighted by molar-refractivity contribution is 6.29. The average molecular weight is 173 g/mol. The Morgan fingerprint density at radius 1 is 1.50 bits per heavy atom. The van der Waals surface area contributed by atoms with Gasteiger partial charge in [0.25, 0.3) is 0 Å². The van der Waals surface area contributed by atoms with Crippen LogP contribution in [0.5, 0.6) is 0 Å². The second-order valence-electron chi connectivity index (χ2n) is 1.85. The maximum Gasteiger partial charge on any atom is 0.393 e. The number of hydrogen-bond acceptors (Lipinski definition) is 0. The highest BCUT2D eigenvalue weighted by Crippen LogP contribution is 2.26. The summed E-state index contributed by atoms with van der Waals surface area (Å²) in [6.07, 6.45) is -3.30. The van der Waals surface area contributed by atoms with Crippen molar-refractivity contribution in [3.63, 3.8) is 0 Å². The van der Waals surface area contributed by atoms with Gasteiger partial charge >= 0.3 is 6.18 Å². The summed E-state index contributed by atoms with van der Waals surface area (Å²) in [6, 6.07) is 0. The summed E-state index contributed by atoms with van der Waals surface area (Å²) in [4.78, 5) is 0. The van der Waals surface area contributed by atoms with E-state index in [1.54, 1.807) is 6.92 Å². The Bertz CT molecular complexity index is 125. The Hall–Kier alpha value is -0.180. The van der Waals surface area contributed by atoms with Crippen LogP contribution in [0.25, 0.3) is 0 Å². The summed E-state index contributed by atoms with van der Waals surface area (Å²) >= 11 is 5.21. The van der Waals surface area contributed by atoms with Crippen LogP contribution in [0, 0.1) is 0 Å². The lowest BCUT2D eigenvalue weighted by Crippen LogP contribution is -2.06. The minimum absolute atomic E-state index is 0.130. The third-order valence-corrected chi connectivity index (χ3v) is 1.08. The van der Waals surface area contributed by atoms with Crippen molar-refractivity contribution >= 4 is 11.6 Å². The van der Waals surface area contributed by atoms with Crippen LogP contribution in [-0.2, 0) is 0 Å². The van der Waals surface area contributed by atoms with Gasteiger partial charge in [0.15, 0.2) is 0 Å². The minimum Gasteiger partial charge on any atom is -0.171 e. The normalized spacial score (nSPS) is 13.9. The summed E-state index contributed by atoms with van der Waals surface area (Å²) < 4.78 is 34.5. The minimum atomic E-state index is -4.18. The zero-order chi connectivity index (χ0) is 8.20. The van der Waals surface area contributed by atoms with Crippen LogP contribution in [0.2, 0.25) is 0 Å². The molecule has 0 spiro atoms. The molecule has 0 aliphatic rings. The molecule has 0 radical (unpaired) electrons. The summed E-state index contributed by atoms with van der Waals surface area (Å²) in [5.41, 5.74) is 0. The third kappa shape index (κ3) is 5.95. The number of halogens is 4. The summed E-state index contributed by atoms with van der Waals surface area (Å²) in [6.45, 7) is 1.73. The van der Waals surface area contributed by atoms with Crippen LogP contribution in [0.4, 0.5) is 13.2 Å². The first kappa shape index (κ1) is 9.82. The fraction of sp³-hybridized carbons (Fsp3) is 0.667. The topological polar surface area (TPSA) is 0 Å². The lowest BCUT2D eigenvalue weighted by atomic mass is 10.3. The first-order valence-electron chi connectivity index (χ1n) is 2.87. The van der Waals surface area contributed by atoms with Gasteiger partial charge in [0.05, 0.1) is 6.42 Å². The van der Waals surface area contributed by atoms with E-state index >= 15 is 0 Å². The van der Waals surface area contributed by atoms with Crippen molar-refractivity contribution in [1.82, 2.24) is 0 Å². The lowest BCUT2D eigenvalue weighted by Gasteiger charge is -2.03. The van der Waals surface area contributed by atoms with Crippen molar-refractivity contribution in [3.8, 4) is 0 Å². The molecular formula is C6H8ClF3. The summed E-state index contributed by atoms with van der Waals surface area (Å²) in [7, 11) is 0. The smallest absolute Gasteiger partial charge is 0.171 e. The molecule has 60 valence electrons. The van der Waals surface area contributed by atoms with Crippen LogP contribution in [-0.4, -0.2) is 6.18 Å². The van der Waals surface area contributed by atoms with Crippen molar-refractivity contribution in [1.29, 1.82) is 0 Å². The monoisotopic (exact) mass is 172 g/mol. The molecule has 0 amide bonds. The van der Waals surface area contributed by atoms with Crippen LogP contribution in [0.15, 0.2) is 11.1 Å². The number of alkyl halides is 3. The number of allylic oxidation sites excluding steroid dienone is 2. The van der Waals surface area contributed by atoms with Gasteiger partial charge in [-0.05, 0) is 6.42 Å². The first-order chi connectivity index (χ1) is 4.45. The van der Waals surface area contributed by atoms with Crippen molar-refractivity contribution in [2.24, 2.45) is 0 Å². The Morgan fingerprint density at radius 3 is 2.30 bits per heavy atom. The van der Waals surface area contributed by atoms with Gasteiger partial charge in [0.1, 0.15) is 0 Å². The molecule has 0 atom stereocenters. The molecule has 0 aromatic carbocycles. The molecule has 0 nitrogen and oxygen atoms in total. The van der Waals surface area contributed by atoms with Gasteiger partial charge in [-0.15, -0.1) is 0 Å². The van der Waals surface area contributed by atoms with Crippen molar-refractivity contribution in [2.75, 3.05) is 0 Å².